The van der Waals surface area contributed by atoms with Crippen molar-refractivity contribution in [2.75, 3.05) is 30.4 Å². The van der Waals surface area contributed by atoms with E-state index >= 15 is 0 Å². The lowest BCUT2D eigenvalue weighted by Gasteiger charge is -2.09. The van der Waals surface area contributed by atoms with Gasteiger partial charge in [0.2, 0.25) is 10.0 Å². The van der Waals surface area contributed by atoms with Crippen LogP contribution in [-0.4, -0.2) is 42.7 Å². The summed E-state index contributed by atoms with van der Waals surface area (Å²) in [4.78, 5) is 4.00. The van der Waals surface area contributed by atoms with Crippen molar-refractivity contribution in [3.63, 3.8) is 0 Å². The molecule has 1 rings (SSSR count). The van der Waals surface area contributed by atoms with Crippen LogP contribution < -0.4 is 10.0 Å². The third kappa shape index (κ3) is 5.35. The van der Waals surface area contributed by atoms with E-state index in [4.69, 9.17) is 11.6 Å². The second-order valence-corrected chi connectivity index (χ2v) is 7.83. The number of halogens is 1. The topological polar surface area (TPSA) is 88.2 Å². The van der Waals surface area contributed by atoms with Crippen LogP contribution in [-0.2, 0) is 20.8 Å². The predicted molar refractivity (Wildman–Crippen MR) is 82.1 cm³/mol. The lowest BCUT2D eigenvalue weighted by Crippen LogP contribution is -2.27. The summed E-state index contributed by atoms with van der Waals surface area (Å²) in [5.74, 6) is 0.721. The Labute approximate surface area is 126 Å². The van der Waals surface area contributed by atoms with Crippen molar-refractivity contribution < 1.29 is 12.6 Å². The van der Waals surface area contributed by atoms with Gasteiger partial charge in [-0.3, -0.25) is 4.21 Å². The van der Waals surface area contributed by atoms with Crippen LogP contribution in [0.5, 0.6) is 0 Å². The van der Waals surface area contributed by atoms with Crippen molar-refractivity contribution in [1.29, 1.82) is 0 Å². The van der Waals surface area contributed by atoms with Gasteiger partial charge in [0.25, 0.3) is 0 Å². The summed E-state index contributed by atoms with van der Waals surface area (Å²) in [7, 11) is -4.72. The lowest BCUT2D eigenvalue weighted by molar-refractivity contribution is 0.583. The molecule has 0 bridgehead atoms. The number of pyridine rings is 1. The fraction of sp³-hybridized carbons (Fsp3) is 0.545. The van der Waals surface area contributed by atoms with Crippen LogP contribution >= 0.6 is 11.6 Å². The van der Waals surface area contributed by atoms with E-state index in [-0.39, 0.29) is 22.2 Å². The molecular weight excluding hydrogens is 322 g/mol. The highest BCUT2D eigenvalue weighted by atomic mass is 35.5. The molecule has 114 valence electrons. The van der Waals surface area contributed by atoms with Crippen LogP contribution in [0.3, 0.4) is 0 Å². The molecular formula is C11H18ClN3O3S2. The monoisotopic (exact) mass is 339 g/mol. The quantitative estimate of drug-likeness (QED) is 0.743. The highest BCUT2D eigenvalue weighted by molar-refractivity contribution is 7.89. The van der Waals surface area contributed by atoms with Gasteiger partial charge in [-0.2, -0.15) is 0 Å². The van der Waals surface area contributed by atoms with E-state index in [2.05, 4.69) is 15.0 Å². The maximum absolute atomic E-state index is 12.0. The van der Waals surface area contributed by atoms with Crippen LogP contribution in [0.2, 0.25) is 5.02 Å². The maximum atomic E-state index is 12.0. The number of rotatable bonds is 8. The normalized spacial score (nSPS) is 13.2. The molecule has 1 heterocycles. The summed E-state index contributed by atoms with van der Waals surface area (Å²) in [6, 6.07) is 1.35. The van der Waals surface area contributed by atoms with Gasteiger partial charge in [0, 0.05) is 42.1 Å². The smallest absolute Gasteiger partial charge is 0.242 e. The first-order valence-electron chi connectivity index (χ1n) is 6.06. The molecule has 2 N–H and O–H groups in total. The van der Waals surface area contributed by atoms with Gasteiger partial charge < -0.3 is 5.32 Å². The average molecular weight is 340 g/mol. The van der Waals surface area contributed by atoms with Crippen molar-refractivity contribution in [3.8, 4) is 0 Å². The van der Waals surface area contributed by atoms with Gasteiger partial charge in [0.05, 0.1) is 5.02 Å². The zero-order valence-electron chi connectivity index (χ0n) is 11.3. The number of hydrogen-bond acceptors (Lipinski definition) is 5. The van der Waals surface area contributed by atoms with Crippen LogP contribution in [0, 0.1) is 0 Å². The molecule has 0 aromatic carbocycles. The molecule has 0 spiro atoms. The van der Waals surface area contributed by atoms with Crippen molar-refractivity contribution in [2.24, 2.45) is 0 Å². The lowest BCUT2D eigenvalue weighted by atomic mass is 10.4. The first-order valence-corrected chi connectivity index (χ1v) is 9.64. The van der Waals surface area contributed by atoms with E-state index in [1.807, 2.05) is 6.92 Å². The van der Waals surface area contributed by atoms with E-state index in [1.165, 1.54) is 18.5 Å². The van der Waals surface area contributed by atoms with Gasteiger partial charge in [0.1, 0.15) is 10.7 Å². The Morgan fingerprint density at radius 1 is 1.40 bits per heavy atom. The van der Waals surface area contributed by atoms with Gasteiger partial charge >= 0.3 is 0 Å². The fourth-order valence-corrected chi connectivity index (χ4v) is 3.16. The van der Waals surface area contributed by atoms with E-state index in [0.717, 1.165) is 6.42 Å². The Morgan fingerprint density at radius 3 is 2.65 bits per heavy atom. The molecule has 1 atom stereocenters. The minimum atomic E-state index is -3.67. The molecule has 0 saturated carbocycles. The summed E-state index contributed by atoms with van der Waals surface area (Å²) in [6.07, 6.45) is 3.67. The summed E-state index contributed by atoms with van der Waals surface area (Å²) in [5, 5.41) is 3.25. The first-order chi connectivity index (χ1) is 9.36. The second kappa shape index (κ2) is 7.92. The molecule has 0 amide bonds. The SMILES string of the molecule is CCCNc1ncc(S(=O)(=O)NCCS(C)=O)cc1Cl. The van der Waals surface area contributed by atoms with Crippen molar-refractivity contribution in [2.45, 2.75) is 18.2 Å². The minimum absolute atomic E-state index is 0.00793. The number of nitrogens with zero attached hydrogens (tertiary/aromatic N) is 1. The Bertz CT molecular complexity index is 578. The number of aromatic nitrogens is 1. The highest BCUT2D eigenvalue weighted by Gasteiger charge is 2.16. The first kappa shape index (κ1) is 17.4. The fourth-order valence-electron chi connectivity index (χ4n) is 1.34. The third-order valence-electron chi connectivity index (χ3n) is 2.35. The van der Waals surface area contributed by atoms with E-state index in [1.54, 1.807) is 0 Å². The Morgan fingerprint density at radius 2 is 2.10 bits per heavy atom. The Balaban J connectivity index is 2.80. The van der Waals surface area contributed by atoms with Gasteiger partial charge in [0.15, 0.2) is 0 Å². The van der Waals surface area contributed by atoms with Crippen molar-refractivity contribution >= 4 is 38.2 Å². The molecule has 0 radical (unpaired) electrons. The van der Waals surface area contributed by atoms with Crippen molar-refractivity contribution in [1.82, 2.24) is 9.71 Å². The molecule has 9 heteroatoms. The van der Waals surface area contributed by atoms with Gasteiger partial charge in [-0.15, -0.1) is 0 Å². The molecule has 1 aromatic rings. The van der Waals surface area contributed by atoms with Crippen molar-refractivity contribution in [3.05, 3.63) is 17.3 Å². The number of nitrogens with one attached hydrogen (secondary N) is 2. The zero-order valence-corrected chi connectivity index (χ0v) is 13.7. The highest BCUT2D eigenvalue weighted by Crippen LogP contribution is 2.22. The largest absolute Gasteiger partial charge is 0.369 e. The molecule has 20 heavy (non-hydrogen) atoms. The zero-order chi connectivity index (χ0) is 15.2. The Hall–Kier alpha value is -0.700. The molecule has 1 aromatic heterocycles. The van der Waals surface area contributed by atoms with Crippen LogP contribution in [0.15, 0.2) is 17.2 Å². The number of sulfonamides is 1. The van der Waals surface area contributed by atoms with E-state index in [9.17, 15) is 12.6 Å². The molecule has 6 nitrogen and oxygen atoms in total. The van der Waals surface area contributed by atoms with Crippen LogP contribution in [0.1, 0.15) is 13.3 Å². The maximum Gasteiger partial charge on any atom is 0.242 e. The molecule has 0 saturated heterocycles. The van der Waals surface area contributed by atoms with Gasteiger partial charge in [-0.25, -0.2) is 18.1 Å². The molecule has 0 aliphatic carbocycles. The average Bonchev–Trinajstić information content (AvgIpc) is 2.36. The predicted octanol–water partition coefficient (Wildman–Crippen LogP) is 1.21. The van der Waals surface area contributed by atoms with Gasteiger partial charge in [-0.05, 0) is 12.5 Å². The summed E-state index contributed by atoms with van der Waals surface area (Å²) >= 11 is 5.99. The molecule has 0 fully saturated rings. The van der Waals surface area contributed by atoms with Crippen LogP contribution in [0.25, 0.3) is 0 Å². The third-order valence-corrected chi connectivity index (χ3v) is 4.85. The van der Waals surface area contributed by atoms with E-state index in [0.29, 0.717) is 12.4 Å². The summed E-state index contributed by atoms with van der Waals surface area (Å²) in [5.41, 5.74) is 0. The standard InChI is InChI=1S/C11H18ClN3O3S2/c1-3-4-13-11-10(12)7-9(8-14-11)20(17,18)15-5-6-19(2)16/h7-8,15H,3-6H2,1-2H3,(H,13,14). The minimum Gasteiger partial charge on any atom is -0.369 e. The summed E-state index contributed by atoms with van der Waals surface area (Å²) < 4.78 is 37.2. The Kier molecular flexibility index (Phi) is 6.87. The number of hydrogen-bond donors (Lipinski definition) is 2. The molecule has 1 unspecified atom stereocenters. The van der Waals surface area contributed by atoms with Crippen LogP contribution in [0.4, 0.5) is 5.82 Å². The van der Waals surface area contributed by atoms with Gasteiger partial charge in [-0.1, -0.05) is 18.5 Å². The van der Waals surface area contributed by atoms with E-state index < -0.39 is 20.8 Å². The molecule has 0 aliphatic rings. The number of anilines is 1. The second-order valence-electron chi connectivity index (χ2n) is 4.10. The summed E-state index contributed by atoms with van der Waals surface area (Å²) in [6.45, 7) is 2.82. The molecule has 0 aliphatic heterocycles.